The standard InChI is InChI=1S/C20H19N3O4S/c21-28(26,27)18-13-16(20(24)25)12-17(19(18)15-4-2-1-3-5-15)23-11-8-14-6-9-22-10-7-14/h1-7,9-10,12-13,23H,8,11H2,(H,24,25)(H2,21,26,27). The number of pyridine rings is 1. The molecule has 0 bridgehead atoms. The van der Waals surface area contributed by atoms with Crippen LogP contribution < -0.4 is 10.5 Å². The van der Waals surface area contributed by atoms with Crippen LogP contribution in [0.5, 0.6) is 0 Å². The first kappa shape index (κ1) is 19.5. The fourth-order valence-corrected chi connectivity index (χ4v) is 3.70. The summed E-state index contributed by atoms with van der Waals surface area (Å²) in [5.41, 5.74) is 2.25. The van der Waals surface area contributed by atoms with E-state index in [0.717, 1.165) is 11.6 Å². The van der Waals surface area contributed by atoms with Gasteiger partial charge in [-0.3, -0.25) is 4.98 Å². The van der Waals surface area contributed by atoms with Crippen molar-refractivity contribution < 1.29 is 18.3 Å². The molecule has 0 saturated carbocycles. The number of nitrogens with two attached hydrogens (primary N) is 1. The van der Waals surface area contributed by atoms with Gasteiger partial charge in [0, 0.05) is 30.2 Å². The van der Waals surface area contributed by atoms with Gasteiger partial charge in [0.15, 0.2) is 0 Å². The van der Waals surface area contributed by atoms with E-state index >= 15 is 0 Å². The van der Waals surface area contributed by atoms with Gasteiger partial charge in [0.1, 0.15) is 0 Å². The third-order valence-electron chi connectivity index (χ3n) is 4.20. The number of benzene rings is 2. The van der Waals surface area contributed by atoms with Crippen LogP contribution in [0, 0.1) is 0 Å². The van der Waals surface area contributed by atoms with Gasteiger partial charge in [-0.25, -0.2) is 18.4 Å². The number of carbonyl (C=O) groups is 1. The summed E-state index contributed by atoms with van der Waals surface area (Å²) in [6.45, 7) is 0.469. The van der Waals surface area contributed by atoms with Gasteiger partial charge in [-0.1, -0.05) is 30.3 Å². The number of anilines is 1. The highest BCUT2D eigenvalue weighted by Crippen LogP contribution is 2.35. The number of carboxylic acids is 1. The molecule has 0 saturated heterocycles. The molecule has 0 aliphatic rings. The van der Waals surface area contributed by atoms with E-state index in [2.05, 4.69) is 10.3 Å². The second-order valence-electron chi connectivity index (χ2n) is 6.15. The first-order valence-electron chi connectivity index (χ1n) is 8.48. The quantitative estimate of drug-likeness (QED) is 0.563. The number of aromatic nitrogens is 1. The van der Waals surface area contributed by atoms with Crippen LogP contribution in [0.4, 0.5) is 5.69 Å². The molecule has 1 aromatic heterocycles. The fraction of sp³-hybridized carbons (Fsp3) is 0.100. The Morgan fingerprint density at radius 3 is 2.36 bits per heavy atom. The van der Waals surface area contributed by atoms with Crippen molar-refractivity contribution in [3.05, 3.63) is 78.1 Å². The zero-order valence-corrected chi connectivity index (χ0v) is 15.7. The zero-order chi connectivity index (χ0) is 20.1. The lowest BCUT2D eigenvalue weighted by molar-refractivity contribution is 0.0696. The lowest BCUT2D eigenvalue weighted by atomic mass is 10.0. The minimum absolute atomic E-state index is 0.157. The maximum Gasteiger partial charge on any atom is 0.335 e. The Balaban J connectivity index is 2.07. The highest BCUT2D eigenvalue weighted by molar-refractivity contribution is 7.89. The molecule has 0 aliphatic heterocycles. The van der Waals surface area contributed by atoms with Crippen LogP contribution in [0.1, 0.15) is 15.9 Å². The van der Waals surface area contributed by atoms with E-state index in [1.165, 1.54) is 6.07 Å². The van der Waals surface area contributed by atoms with Crippen LogP contribution in [-0.4, -0.2) is 31.0 Å². The van der Waals surface area contributed by atoms with E-state index in [4.69, 9.17) is 5.14 Å². The molecular formula is C20H19N3O4S. The second-order valence-corrected chi connectivity index (χ2v) is 7.68. The van der Waals surface area contributed by atoms with Crippen LogP contribution in [-0.2, 0) is 16.4 Å². The number of rotatable bonds is 7. The lowest BCUT2D eigenvalue weighted by Crippen LogP contribution is -2.17. The van der Waals surface area contributed by atoms with Crippen molar-refractivity contribution in [2.45, 2.75) is 11.3 Å². The normalized spacial score (nSPS) is 11.2. The predicted octanol–water partition coefficient (Wildman–Crippen LogP) is 2.75. The molecule has 0 fully saturated rings. The zero-order valence-electron chi connectivity index (χ0n) is 14.9. The molecule has 0 radical (unpaired) electrons. The van der Waals surface area contributed by atoms with Gasteiger partial charge < -0.3 is 10.4 Å². The SMILES string of the molecule is NS(=O)(=O)c1cc(C(=O)O)cc(NCCc2ccncc2)c1-c1ccccc1. The molecule has 0 unspecified atom stereocenters. The van der Waals surface area contributed by atoms with E-state index in [9.17, 15) is 18.3 Å². The number of aromatic carboxylic acids is 1. The molecule has 7 nitrogen and oxygen atoms in total. The van der Waals surface area contributed by atoms with Crippen molar-refractivity contribution in [2.75, 3.05) is 11.9 Å². The van der Waals surface area contributed by atoms with E-state index in [1.54, 1.807) is 36.7 Å². The fourth-order valence-electron chi connectivity index (χ4n) is 2.90. The van der Waals surface area contributed by atoms with Gasteiger partial charge in [-0.15, -0.1) is 0 Å². The largest absolute Gasteiger partial charge is 0.478 e. The van der Waals surface area contributed by atoms with Crippen LogP contribution in [0.15, 0.2) is 71.9 Å². The molecule has 0 aliphatic carbocycles. The van der Waals surface area contributed by atoms with Crippen LogP contribution in [0.2, 0.25) is 0 Å². The van der Waals surface area contributed by atoms with Gasteiger partial charge in [0.2, 0.25) is 10.0 Å². The Labute approximate surface area is 162 Å². The molecule has 8 heteroatoms. The smallest absolute Gasteiger partial charge is 0.335 e. The van der Waals surface area contributed by atoms with E-state index in [1.807, 2.05) is 18.2 Å². The van der Waals surface area contributed by atoms with E-state index in [0.29, 0.717) is 29.8 Å². The Bertz CT molecular complexity index is 1090. The van der Waals surface area contributed by atoms with Crippen LogP contribution in [0.25, 0.3) is 11.1 Å². The van der Waals surface area contributed by atoms with Crippen molar-refractivity contribution in [1.82, 2.24) is 4.98 Å². The third kappa shape index (κ3) is 4.54. The van der Waals surface area contributed by atoms with Gasteiger partial charge in [0.25, 0.3) is 0 Å². The summed E-state index contributed by atoms with van der Waals surface area (Å²) >= 11 is 0. The minimum Gasteiger partial charge on any atom is -0.478 e. The highest BCUT2D eigenvalue weighted by atomic mass is 32.2. The monoisotopic (exact) mass is 397 g/mol. The van der Waals surface area contributed by atoms with Crippen LogP contribution >= 0.6 is 0 Å². The molecule has 2 aromatic carbocycles. The topological polar surface area (TPSA) is 122 Å². The molecule has 144 valence electrons. The molecule has 0 atom stereocenters. The van der Waals surface area contributed by atoms with Gasteiger partial charge in [-0.2, -0.15) is 0 Å². The maximum atomic E-state index is 12.2. The molecule has 4 N–H and O–H groups in total. The van der Waals surface area contributed by atoms with E-state index < -0.39 is 16.0 Å². The van der Waals surface area contributed by atoms with E-state index in [-0.39, 0.29) is 10.5 Å². The second kappa shape index (κ2) is 8.20. The van der Waals surface area contributed by atoms with Crippen molar-refractivity contribution in [3.8, 4) is 11.1 Å². The van der Waals surface area contributed by atoms with Gasteiger partial charge in [-0.05, 0) is 41.8 Å². The summed E-state index contributed by atoms with van der Waals surface area (Å²) in [7, 11) is -4.15. The summed E-state index contributed by atoms with van der Waals surface area (Å²) in [5, 5.41) is 18.0. The molecule has 28 heavy (non-hydrogen) atoms. The number of primary sulfonamides is 1. The van der Waals surface area contributed by atoms with Crippen molar-refractivity contribution in [3.63, 3.8) is 0 Å². The number of carboxylic acid groups (broad SMARTS) is 1. The number of hydrogen-bond acceptors (Lipinski definition) is 5. The number of nitrogens with zero attached hydrogens (tertiary/aromatic N) is 1. The molecule has 0 spiro atoms. The first-order valence-corrected chi connectivity index (χ1v) is 10.0. The minimum atomic E-state index is -4.15. The molecule has 3 aromatic rings. The highest BCUT2D eigenvalue weighted by Gasteiger charge is 2.22. The number of nitrogens with one attached hydrogen (secondary N) is 1. The molecule has 0 amide bonds. The average molecular weight is 397 g/mol. The summed E-state index contributed by atoms with van der Waals surface area (Å²) in [5.74, 6) is -1.23. The predicted molar refractivity (Wildman–Crippen MR) is 107 cm³/mol. The number of sulfonamides is 1. The molecule has 3 rings (SSSR count). The lowest BCUT2D eigenvalue weighted by Gasteiger charge is -2.17. The molecular weight excluding hydrogens is 378 g/mol. The Hall–Kier alpha value is -3.23. The third-order valence-corrected chi connectivity index (χ3v) is 5.13. The van der Waals surface area contributed by atoms with Crippen molar-refractivity contribution >= 4 is 21.7 Å². The summed E-state index contributed by atoms with van der Waals surface area (Å²) < 4.78 is 24.4. The molecule has 1 heterocycles. The Morgan fingerprint density at radius 1 is 1.07 bits per heavy atom. The summed E-state index contributed by atoms with van der Waals surface area (Å²) in [6, 6.07) is 15.1. The summed E-state index contributed by atoms with van der Waals surface area (Å²) in [6.07, 6.45) is 4.03. The van der Waals surface area contributed by atoms with Crippen molar-refractivity contribution in [1.29, 1.82) is 0 Å². The maximum absolute atomic E-state index is 12.2. The Morgan fingerprint density at radius 2 is 1.75 bits per heavy atom. The number of hydrogen-bond donors (Lipinski definition) is 3. The van der Waals surface area contributed by atoms with Crippen molar-refractivity contribution in [2.24, 2.45) is 5.14 Å². The Kier molecular flexibility index (Phi) is 5.72. The van der Waals surface area contributed by atoms with Crippen LogP contribution in [0.3, 0.4) is 0 Å². The van der Waals surface area contributed by atoms with Gasteiger partial charge in [0.05, 0.1) is 10.5 Å². The van der Waals surface area contributed by atoms with Gasteiger partial charge >= 0.3 is 5.97 Å². The average Bonchev–Trinajstić information content (AvgIpc) is 2.68. The summed E-state index contributed by atoms with van der Waals surface area (Å²) in [4.78, 5) is 15.2. The first-order chi connectivity index (χ1) is 13.4.